The predicted octanol–water partition coefficient (Wildman–Crippen LogP) is 3.17. The summed E-state index contributed by atoms with van der Waals surface area (Å²) in [5.41, 5.74) is 1.07. The molecule has 0 amide bonds. The van der Waals surface area contributed by atoms with Crippen molar-refractivity contribution < 1.29 is 9.47 Å². The second kappa shape index (κ2) is 11.0. The topological polar surface area (TPSA) is 57.5 Å². The van der Waals surface area contributed by atoms with Crippen LogP contribution >= 0.6 is 40.7 Å². The fourth-order valence-electron chi connectivity index (χ4n) is 2.64. The summed E-state index contributed by atoms with van der Waals surface area (Å²) in [6, 6.07) is 6.23. The Morgan fingerprint density at radius 3 is 2.30 bits per heavy atom. The minimum Gasteiger partial charge on any atom is -0.493 e. The first-order valence-corrected chi connectivity index (χ1v) is 7.73. The molecule has 8 heteroatoms. The summed E-state index contributed by atoms with van der Waals surface area (Å²) >= 11 is 3.60. The molecule has 1 heterocycles. The molecule has 0 aliphatic carbocycles. The fourth-order valence-corrected chi connectivity index (χ4v) is 3.23. The maximum Gasteiger partial charge on any atom is 0.161 e. The van der Waals surface area contributed by atoms with Crippen LogP contribution in [0.25, 0.3) is 0 Å². The Kier molecular flexibility index (Phi) is 10.6. The lowest BCUT2D eigenvalue weighted by Crippen LogP contribution is -2.45. The van der Waals surface area contributed by atoms with E-state index in [4.69, 9.17) is 9.47 Å². The van der Waals surface area contributed by atoms with E-state index in [0.717, 1.165) is 36.2 Å². The molecule has 0 spiro atoms. The molecule has 1 aromatic rings. The summed E-state index contributed by atoms with van der Waals surface area (Å²) in [5, 5.41) is 12.5. The van der Waals surface area contributed by atoms with Crippen LogP contribution in [0.1, 0.15) is 18.0 Å². The molecule has 0 saturated carbocycles. The molecule has 0 aromatic heterocycles. The van der Waals surface area contributed by atoms with Crippen molar-refractivity contribution in [3.8, 4) is 17.6 Å². The number of benzene rings is 1. The SMILES string of the molecule is COc1cc(Br)c([C@@H](CC#N)N2CCNCC2)cc1OC.Cl.Cl. The van der Waals surface area contributed by atoms with Crippen molar-refractivity contribution in [1.82, 2.24) is 10.2 Å². The average molecular weight is 427 g/mol. The molecule has 1 aliphatic heterocycles. The molecule has 1 aliphatic rings. The molecule has 23 heavy (non-hydrogen) atoms. The normalized spacial score (nSPS) is 15.6. The van der Waals surface area contributed by atoms with Crippen LogP contribution < -0.4 is 14.8 Å². The molecule has 5 nitrogen and oxygen atoms in total. The van der Waals surface area contributed by atoms with Crippen molar-refractivity contribution in [3.63, 3.8) is 0 Å². The zero-order valence-electron chi connectivity index (χ0n) is 13.2. The van der Waals surface area contributed by atoms with E-state index in [-0.39, 0.29) is 30.9 Å². The molecule has 130 valence electrons. The molecule has 1 saturated heterocycles. The summed E-state index contributed by atoms with van der Waals surface area (Å²) in [4.78, 5) is 2.34. The number of ether oxygens (including phenoxy) is 2. The second-order valence-corrected chi connectivity index (χ2v) is 5.75. The smallest absolute Gasteiger partial charge is 0.161 e. The van der Waals surface area contributed by atoms with Crippen LogP contribution in [0.3, 0.4) is 0 Å². The van der Waals surface area contributed by atoms with Crippen molar-refractivity contribution in [2.75, 3.05) is 40.4 Å². The third-order valence-corrected chi connectivity index (χ3v) is 4.43. The van der Waals surface area contributed by atoms with Gasteiger partial charge in [-0.2, -0.15) is 5.26 Å². The van der Waals surface area contributed by atoms with E-state index in [1.54, 1.807) is 14.2 Å². The lowest BCUT2D eigenvalue weighted by atomic mass is 10.0. The van der Waals surface area contributed by atoms with E-state index < -0.39 is 0 Å². The van der Waals surface area contributed by atoms with Gasteiger partial charge in [0.1, 0.15) is 0 Å². The number of nitriles is 1. The number of piperazine rings is 1. The largest absolute Gasteiger partial charge is 0.493 e. The number of halogens is 3. The Balaban J connectivity index is 0.00000242. The molecular formula is C15H22BrCl2N3O2. The van der Waals surface area contributed by atoms with E-state index >= 15 is 0 Å². The number of methoxy groups -OCH3 is 2. The Hall–Kier alpha value is -0.710. The molecule has 1 atom stereocenters. The van der Waals surface area contributed by atoms with Gasteiger partial charge in [0.15, 0.2) is 11.5 Å². The summed E-state index contributed by atoms with van der Waals surface area (Å²) in [6.07, 6.45) is 0.452. The van der Waals surface area contributed by atoms with Crippen molar-refractivity contribution in [2.24, 2.45) is 0 Å². The van der Waals surface area contributed by atoms with Gasteiger partial charge in [0.2, 0.25) is 0 Å². The average Bonchev–Trinajstić information content (AvgIpc) is 2.53. The third-order valence-electron chi connectivity index (χ3n) is 3.74. The van der Waals surface area contributed by atoms with E-state index in [9.17, 15) is 5.26 Å². The molecule has 0 unspecified atom stereocenters. The lowest BCUT2D eigenvalue weighted by molar-refractivity contribution is 0.175. The number of nitrogens with one attached hydrogen (secondary N) is 1. The van der Waals surface area contributed by atoms with Gasteiger partial charge in [0.25, 0.3) is 0 Å². The van der Waals surface area contributed by atoms with E-state index in [0.29, 0.717) is 17.9 Å². The zero-order valence-corrected chi connectivity index (χ0v) is 16.4. The monoisotopic (exact) mass is 425 g/mol. The number of rotatable bonds is 5. The van der Waals surface area contributed by atoms with Gasteiger partial charge >= 0.3 is 0 Å². The Morgan fingerprint density at radius 1 is 1.22 bits per heavy atom. The summed E-state index contributed by atoms with van der Waals surface area (Å²) in [6.45, 7) is 3.78. The molecule has 1 fully saturated rings. The summed E-state index contributed by atoms with van der Waals surface area (Å²) in [5.74, 6) is 1.37. The quantitative estimate of drug-likeness (QED) is 0.783. The summed E-state index contributed by atoms with van der Waals surface area (Å²) < 4.78 is 11.6. The van der Waals surface area contributed by atoms with Gasteiger partial charge in [-0.15, -0.1) is 24.8 Å². The number of hydrogen-bond acceptors (Lipinski definition) is 5. The second-order valence-electron chi connectivity index (χ2n) is 4.89. The molecule has 1 N–H and O–H groups in total. The molecule has 0 bridgehead atoms. The van der Waals surface area contributed by atoms with E-state index in [2.05, 4.69) is 32.2 Å². The molecule has 0 radical (unpaired) electrons. The predicted molar refractivity (Wildman–Crippen MR) is 99.2 cm³/mol. The van der Waals surface area contributed by atoms with Gasteiger partial charge in [-0.25, -0.2) is 0 Å². The highest BCUT2D eigenvalue weighted by molar-refractivity contribution is 9.10. The van der Waals surface area contributed by atoms with Gasteiger partial charge in [0, 0.05) is 36.7 Å². The first kappa shape index (κ1) is 22.3. The Labute approximate surface area is 158 Å². The van der Waals surface area contributed by atoms with Crippen molar-refractivity contribution in [3.05, 3.63) is 22.2 Å². The zero-order chi connectivity index (χ0) is 15.2. The van der Waals surface area contributed by atoms with Gasteiger partial charge in [-0.3, -0.25) is 4.90 Å². The Bertz CT molecular complexity index is 534. The Morgan fingerprint density at radius 2 is 1.78 bits per heavy atom. The van der Waals surface area contributed by atoms with E-state index in [1.165, 1.54) is 0 Å². The van der Waals surface area contributed by atoms with E-state index in [1.807, 2.05) is 12.1 Å². The van der Waals surface area contributed by atoms with Gasteiger partial charge in [0.05, 0.1) is 26.7 Å². The van der Waals surface area contributed by atoms with Gasteiger partial charge in [-0.05, 0) is 17.7 Å². The summed E-state index contributed by atoms with van der Waals surface area (Å²) in [7, 11) is 3.24. The van der Waals surface area contributed by atoms with Crippen LogP contribution in [0.2, 0.25) is 0 Å². The van der Waals surface area contributed by atoms with Crippen LogP contribution in [0.5, 0.6) is 11.5 Å². The molecule has 2 rings (SSSR count). The third kappa shape index (κ3) is 5.40. The van der Waals surface area contributed by atoms with Crippen LogP contribution in [0, 0.1) is 11.3 Å². The highest BCUT2D eigenvalue weighted by Gasteiger charge is 2.25. The van der Waals surface area contributed by atoms with Crippen molar-refractivity contribution in [1.29, 1.82) is 5.26 Å². The minimum atomic E-state index is 0. The standard InChI is InChI=1S/C15H20BrN3O2.2ClH/c1-20-14-9-11(12(16)10-15(14)21-2)13(3-4-17)19-7-5-18-6-8-19;;/h9-10,13,18H,3,5-8H2,1-2H3;2*1H/t13-;;/m1../s1. The molecular weight excluding hydrogens is 405 g/mol. The maximum absolute atomic E-state index is 9.18. The van der Waals surface area contributed by atoms with Gasteiger partial charge < -0.3 is 14.8 Å². The molecule has 1 aromatic carbocycles. The van der Waals surface area contributed by atoms with Crippen molar-refractivity contribution >= 4 is 40.7 Å². The first-order chi connectivity index (χ1) is 10.2. The maximum atomic E-state index is 9.18. The highest BCUT2D eigenvalue weighted by Crippen LogP contribution is 2.38. The minimum absolute atomic E-state index is 0. The number of nitrogens with zero attached hydrogens (tertiary/aromatic N) is 2. The first-order valence-electron chi connectivity index (χ1n) is 6.94. The van der Waals surface area contributed by atoms with Crippen LogP contribution in [-0.2, 0) is 0 Å². The van der Waals surface area contributed by atoms with Crippen LogP contribution in [0.4, 0.5) is 0 Å². The van der Waals surface area contributed by atoms with Crippen molar-refractivity contribution in [2.45, 2.75) is 12.5 Å². The van der Waals surface area contributed by atoms with Gasteiger partial charge in [-0.1, -0.05) is 15.9 Å². The lowest BCUT2D eigenvalue weighted by Gasteiger charge is -2.34. The highest BCUT2D eigenvalue weighted by atomic mass is 79.9. The fraction of sp³-hybridized carbons (Fsp3) is 0.533. The number of hydrogen-bond donors (Lipinski definition) is 1. The van der Waals surface area contributed by atoms with Crippen LogP contribution in [-0.4, -0.2) is 45.3 Å². The van der Waals surface area contributed by atoms with Crippen LogP contribution in [0.15, 0.2) is 16.6 Å².